The largest absolute Gasteiger partial charge is 0.454 e. The Morgan fingerprint density at radius 2 is 2.00 bits per heavy atom. The molecule has 21 heavy (non-hydrogen) atoms. The fourth-order valence-corrected chi connectivity index (χ4v) is 2.38. The Balaban J connectivity index is 1.95. The van der Waals surface area contributed by atoms with E-state index in [2.05, 4.69) is 0 Å². The normalized spacial score (nSPS) is 13.5. The van der Waals surface area contributed by atoms with Crippen LogP contribution < -0.4 is 9.47 Å². The summed E-state index contributed by atoms with van der Waals surface area (Å²) in [5.74, 6) is -0.0332. The highest BCUT2D eigenvalue weighted by molar-refractivity contribution is 6.31. The summed E-state index contributed by atoms with van der Waals surface area (Å²) in [6, 6.07) is 13.7. The first kappa shape index (κ1) is 13.5. The quantitative estimate of drug-likeness (QED) is 0.813. The van der Waals surface area contributed by atoms with Crippen LogP contribution >= 0.6 is 11.6 Å². The van der Waals surface area contributed by atoms with E-state index in [-0.39, 0.29) is 12.6 Å². The van der Waals surface area contributed by atoms with Crippen LogP contribution in [0.25, 0.3) is 0 Å². The molecule has 5 heteroatoms. The molecule has 0 amide bonds. The average Bonchev–Trinajstić information content (AvgIpc) is 2.95. The van der Waals surface area contributed by atoms with E-state index in [0.717, 1.165) is 0 Å². The van der Waals surface area contributed by atoms with E-state index in [9.17, 15) is 10.1 Å². The maximum Gasteiger partial charge on any atom is 0.231 e. The minimum absolute atomic E-state index is 0.151. The van der Waals surface area contributed by atoms with Crippen LogP contribution in [0.4, 0.5) is 0 Å². The van der Waals surface area contributed by atoms with E-state index in [1.165, 1.54) is 0 Å². The third kappa shape index (κ3) is 2.56. The number of ketones is 1. The molecule has 4 nitrogen and oxygen atoms in total. The average molecular weight is 300 g/mol. The molecule has 1 heterocycles. The van der Waals surface area contributed by atoms with E-state index in [1.54, 1.807) is 42.5 Å². The van der Waals surface area contributed by atoms with Crippen LogP contribution in [0.2, 0.25) is 5.02 Å². The molecule has 2 aromatic rings. The molecule has 1 aliphatic heterocycles. The van der Waals surface area contributed by atoms with Crippen molar-refractivity contribution in [1.29, 1.82) is 5.26 Å². The van der Waals surface area contributed by atoms with Crippen molar-refractivity contribution in [3.63, 3.8) is 0 Å². The van der Waals surface area contributed by atoms with Gasteiger partial charge in [0.2, 0.25) is 6.79 Å². The van der Waals surface area contributed by atoms with Gasteiger partial charge in [0.1, 0.15) is 5.92 Å². The second-order valence-corrected chi connectivity index (χ2v) is 4.99. The zero-order valence-electron chi connectivity index (χ0n) is 10.9. The summed E-state index contributed by atoms with van der Waals surface area (Å²) in [6.07, 6.45) is 0. The number of nitrogens with zero attached hydrogens (tertiary/aromatic N) is 1. The van der Waals surface area contributed by atoms with Crippen molar-refractivity contribution in [3.05, 3.63) is 58.6 Å². The van der Waals surface area contributed by atoms with Gasteiger partial charge in [-0.1, -0.05) is 29.8 Å². The maximum atomic E-state index is 12.5. The SMILES string of the molecule is N#CC(C(=O)c1cccc(Cl)c1)c1ccc2c(c1)OCO2. The van der Waals surface area contributed by atoms with Gasteiger partial charge < -0.3 is 9.47 Å². The zero-order chi connectivity index (χ0) is 14.8. The van der Waals surface area contributed by atoms with Gasteiger partial charge in [-0.05, 0) is 29.8 Å². The molecule has 0 fully saturated rings. The number of hydrogen-bond donors (Lipinski definition) is 0. The molecule has 0 aliphatic carbocycles. The number of carbonyl (C=O) groups is 1. The first-order valence-electron chi connectivity index (χ1n) is 6.28. The van der Waals surface area contributed by atoms with Crippen LogP contribution in [0.15, 0.2) is 42.5 Å². The van der Waals surface area contributed by atoms with E-state index in [4.69, 9.17) is 21.1 Å². The van der Waals surface area contributed by atoms with Crippen molar-refractivity contribution in [1.82, 2.24) is 0 Å². The highest BCUT2D eigenvalue weighted by Gasteiger charge is 2.24. The Labute approximate surface area is 126 Å². The second kappa shape index (κ2) is 5.47. The van der Waals surface area contributed by atoms with Crippen LogP contribution in [-0.4, -0.2) is 12.6 Å². The summed E-state index contributed by atoms with van der Waals surface area (Å²) in [5, 5.41) is 9.81. The van der Waals surface area contributed by atoms with Gasteiger partial charge in [-0.15, -0.1) is 0 Å². The Morgan fingerprint density at radius 3 is 2.76 bits per heavy atom. The third-order valence-corrected chi connectivity index (χ3v) is 3.47. The zero-order valence-corrected chi connectivity index (χ0v) is 11.6. The summed E-state index contributed by atoms with van der Waals surface area (Å²) >= 11 is 5.89. The van der Waals surface area contributed by atoms with Crippen molar-refractivity contribution in [3.8, 4) is 17.6 Å². The molecular formula is C16H10ClNO3. The molecule has 0 N–H and O–H groups in total. The number of ether oxygens (including phenoxy) is 2. The molecule has 1 aliphatic rings. The lowest BCUT2D eigenvalue weighted by molar-refractivity contribution is 0.0979. The van der Waals surface area contributed by atoms with Gasteiger partial charge in [-0.3, -0.25) is 4.79 Å². The van der Waals surface area contributed by atoms with Crippen molar-refractivity contribution in [2.45, 2.75) is 5.92 Å². The van der Waals surface area contributed by atoms with Crippen molar-refractivity contribution >= 4 is 17.4 Å². The summed E-state index contributed by atoms with van der Waals surface area (Å²) in [6.45, 7) is 0.151. The number of rotatable bonds is 3. The molecule has 0 bridgehead atoms. The van der Waals surface area contributed by atoms with Gasteiger partial charge in [0.05, 0.1) is 6.07 Å². The number of fused-ring (bicyclic) bond motifs is 1. The molecule has 0 saturated heterocycles. The number of carbonyl (C=O) groups excluding carboxylic acids is 1. The van der Waals surface area contributed by atoms with Crippen LogP contribution in [-0.2, 0) is 0 Å². The Morgan fingerprint density at radius 1 is 1.19 bits per heavy atom. The van der Waals surface area contributed by atoms with Gasteiger partial charge in [0, 0.05) is 10.6 Å². The Bertz CT molecular complexity index is 751. The fourth-order valence-electron chi connectivity index (χ4n) is 2.19. The molecule has 104 valence electrons. The van der Waals surface area contributed by atoms with Gasteiger partial charge in [0.25, 0.3) is 0 Å². The Hall–Kier alpha value is -2.51. The molecule has 0 saturated carbocycles. The summed E-state index contributed by atoms with van der Waals surface area (Å²) < 4.78 is 10.5. The molecule has 2 aromatic carbocycles. The Kier molecular flexibility index (Phi) is 3.51. The number of Topliss-reactive ketones (excluding diaryl/α,β-unsaturated/α-hetero) is 1. The van der Waals surface area contributed by atoms with Crippen molar-refractivity contribution < 1.29 is 14.3 Å². The monoisotopic (exact) mass is 299 g/mol. The molecule has 0 radical (unpaired) electrons. The maximum absolute atomic E-state index is 12.5. The van der Waals surface area contributed by atoms with Crippen LogP contribution in [0.3, 0.4) is 0 Å². The van der Waals surface area contributed by atoms with Crippen molar-refractivity contribution in [2.24, 2.45) is 0 Å². The van der Waals surface area contributed by atoms with Gasteiger partial charge >= 0.3 is 0 Å². The standard InChI is InChI=1S/C16H10ClNO3/c17-12-3-1-2-11(6-12)16(19)13(8-18)10-4-5-14-15(7-10)21-9-20-14/h1-7,13H,9H2. The van der Waals surface area contributed by atoms with Crippen LogP contribution in [0.5, 0.6) is 11.5 Å². The van der Waals surface area contributed by atoms with Crippen LogP contribution in [0, 0.1) is 11.3 Å². The molecule has 3 rings (SSSR count). The molecule has 0 spiro atoms. The third-order valence-electron chi connectivity index (χ3n) is 3.23. The number of nitriles is 1. The lowest BCUT2D eigenvalue weighted by atomic mass is 9.91. The molecule has 0 aromatic heterocycles. The molecular weight excluding hydrogens is 290 g/mol. The molecule has 1 atom stereocenters. The summed E-state index contributed by atoms with van der Waals surface area (Å²) in [7, 11) is 0. The number of benzene rings is 2. The van der Waals surface area contributed by atoms with Crippen LogP contribution in [0.1, 0.15) is 21.8 Å². The lowest BCUT2D eigenvalue weighted by Gasteiger charge is -2.09. The van der Waals surface area contributed by atoms with E-state index in [1.807, 2.05) is 6.07 Å². The molecule has 1 unspecified atom stereocenters. The number of halogens is 1. The van der Waals surface area contributed by atoms with E-state index >= 15 is 0 Å². The highest BCUT2D eigenvalue weighted by atomic mass is 35.5. The minimum atomic E-state index is -0.905. The summed E-state index contributed by atoms with van der Waals surface area (Å²) in [5.41, 5.74) is 0.985. The first-order chi connectivity index (χ1) is 10.2. The second-order valence-electron chi connectivity index (χ2n) is 4.55. The van der Waals surface area contributed by atoms with E-state index < -0.39 is 5.92 Å². The smallest absolute Gasteiger partial charge is 0.231 e. The van der Waals surface area contributed by atoms with E-state index in [0.29, 0.717) is 27.6 Å². The highest BCUT2D eigenvalue weighted by Crippen LogP contribution is 2.35. The van der Waals surface area contributed by atoms with Gasteiger partial charge in [-0.25, -0.2) is 0 Å². The minimum Gasteiger partial charge on any atom is -0.454 e. The first-order valence-corrected chi connectivity index (χ1v) is 6.66. The van der Waals surface area contributed by atoms with Crippen molar-refractivity contribution in [2.75, 3.05) is 6.79 Å². The topological polar surface area (TPSA) is 59.3 Å². The van der Waals surface area contributed by atoms with Gasteiger partial charge in [-0.2, -0.15) is 5.26 Å². The summed E-state index contributed by atoms with van der Waals surface area (Å²) in [4.78, 5) is 12.5. The fraction of sp³-hybridized carbons (Fsp3) is 0.125. The number of hydrogen-bond acceptors (Lipinski definition) is 4. The van der Waals surface area contributed by atoms with Gasteiger partial charge in [0.15, 0.2) is 17.3 Å². The predicted octanol–water partition coefficient (Wildman–Crippen LogP) is 3.56. The lowest BCUT2D eigenvalue weighted by Crippen LogP contribution is -2.11. The predicted molar refractivity (Wildman–Crippen MR) is 76.7 cm³/mol.